The third kappa shape index (κ3) is 4.07. The Bertz CT molecular complexity index is 566. The van der Waals surface area contributed by atoms with E-state index in [4.69, 9.17) is 12.2 Å². The van der Waals surface area contributed by atoms with Gasteiger partial charge in [0.2, 0.25) is 0 Å². The van der Waals surface area contributed by atoms with Crippen molar-refractivity contribution >= 4 is 23.0 Å². The summed E-state index contributed by atoms with van der Waals surface area (Å²) in [4.78, 5) is 0. The Morgan fingerprint density at radius 3 is 2.55 bits per heavy atom. The highest BCUT2D eigenvalue weighted by atomic mass is 32.1. The fourth-order valence-corrected chi connectivity index (χ4v) is 2.35. The summed E-state index contributed by atoms with van der Waals surface area (Å²) in [6, 6.07) is 18.8. The molecule has 0 aliphatic rings. The van der Waals surface area contributed by atoms with Gasteiger partial charge in [-0.25, -0.2) is 0 Å². The van der Waals surface area contributed by atoms with Crippen molar-refractivity contribution in [2.45, 2.75) is 26.3 Å². The summed E-state index contributed by atoms with van der Waals surface area (Å²) in [7, 11) is 0. The molecule has 0 fully saturated rings. The lowest BCUT2D eigenvalue weighted by Gasteiger charge is -2.17. The lowest BCUT2D eigenvalue weighted by atomic mass is 10.1. The van der Waals surface area contributed by atoms with Crippen molar-refractivity contribution in [3.05, 3.63) is 65.7 Å². The molecule has 104 valence electrons. The number of hydrogen-bond donors (Lipinski definition) is 2. The van der Waals surface area contributed by atoms with Gasteiger partial charge in [0, 0.05) is 5.69 Å². The van der Waals surface area contributed by atoms with Crippen LogP contribution in [-0.4, -0.2) is 5.11 Å². The van der Waals surface area contributed by atoms with E-state index < -0.39 is 0 Å². The normalized spacial score (nSPS) is 11.7. The number of rotatable bonds is 4. The minimum absolute atomic E-state index is 0.186. The molecule has 0 heterocycles. The van der Waals surface area contributed by atoms with Gasteiger partial charge in [0.05, 0.1) is 6.04 Å². The van der Waals surface area contributed by atoms with Crippen molar-refractivity contribution in [1.82, 2.24) is 5.32 Å². The van der Waals surface area contributed by atoms with E-state index in [1.807, 2.05) is 30.3 Å². The minimum atomic E-state index is 0.186. The van der Waals surface area contributed by atoms with Gasteiger partial charge in [0.1, 0.15) is 0 Å². The molecule has 0 amide bonds. The van der Waals surface area contributed by atoms with Crippen LogP contribution in [0.1, 0.15) is 31.0 Å². The second-order valence-electron chi connectivity index (χ2n) is 4.78. The van der Waals surface area contributed by atoms with Crippen LogP contribution in [0.25, 0.3) is 0 Å². The zero-order valence-electron chi connectivity index (χ0n) is 11.9. The molecule has 0 radical (unpaired) electrons. The van der Waals surface area contributed by atoms with Crippen LogP contribution in [0, 0.1) is 0 Å². The third-order valence-corrected chi connectivity index (χ3v) is 3.46. The largest absolute Gasteiger partial charge is 0.356 e. The van der Waals surface area contributed by atoms with Crippen molar-refractivity contribution in [3.63, 3.8) is 0 Å². The predicted octanol–water partition coefficient (Wildman–Crippen LogP) is 4.30. The van der Waals surface area contributed by atoms with Crippen LogP contribution in [0.15, 0.2) is 54.6 Å². The van der Waals surface area contributed by atoms with Gasteiger partial charge in [-0.15, -0.1) is 0 Å². The maximum atomic E-state index is 5.37. The Labute approximate surface area is 126 Å². The quantitative estimate of drug-likeness (QED) is 0.819. The Morgan fingerprint density at radius 1 is 1.10 bits per heavy atom. The van der Waals surface area contributed by atoms with Crippen LogP contribution < -0.4 is 10.6 Å². The van der Waals surface area contributed by atoms with Crippen LogP contribution in [-0.2, 0) is 6.42 Å². The number of thiocarbonyl (C=S) groups is 1. The zero-order valence-corrected chi connectivity index (χ0v) is 12.7. The number of benzene rings is 2. The fourth-order valence-electron chi connectivity index (χ4n) is 2.06. The highest BCUT2D eigenvalue weighted by Gasteiger charge is 2.06. The summed E-state index contributed by atoms with van der Waals surface area (Å²) < 4.78 is 0. The Hall–Kier alpha value is -1.87. The summed E-state index contributed by atoms with van der Waals surface area (Å²) in [6.45, 7) is 4.25. The smallest absolute Gasteiger partial charge is 0.171 e. The summed E-state index contributed by atoms with van der Waals surface area (Å²) in [6.07, 6.45) is 1.02. The van der Waals surface area contributed by atoms with Gasteiger partial charge in [-0.1, -0.05) is 49.4 Å². The monoisotopic (exact) mass is 284 g/mol. The fraction of sp³-hybridized carbons (Fsp3) is 0.235. The van der Waals surface area contributed by atoms with Gasteiger partial charge in [-0.3, -0.25) is 0 Å². The summed E-state index contributed by atoms with van der Waals surface area (Å²) in [5, 5.41) is 7.19. The zero-order chi connectivity index (χ0) is 14.4. The van der Waals surface area contributed by atoms with E-state index >= 15 is 0 Å². The first kappa shape index (κ1) is 14.5. The molecule has 2 N–H and O–H groups in total. The molecule has 2 aromatic carbocycles. The van der Waals surface area contributed by atoms with Crippen molar-refractivity contribution in [1.29, 1.82) is 0 Å². The third-order valence-electron chi connectivity index (χ3n) is 3.24. The van der Waals surface area contributed by atoms with Gasteiger partial charge in [0.25, 0.3) is 0 Å². The summed E-state index contributed by atoms with van der Waals surface area (Å²) in [5.41, 5.74) is 3.55. The SMILES string of the molecule is CCc1cccc(NC(=S)N[C@H](C)c2ccccc2)c1. The van der Waals surface area contributed by atoms with Crippen molar-refractivity contribution in [2.75, 3.05) is 5.32 Å². The molecular weight excluding hydrogens is 264 g/mol. The van der Waals surface area contributed by atoms with E-state index in [2.05, 4.69) is 48.7 Å². The molecular formula is C17H20N2S. The van der Waals surface area contributed by atoms with E-state index in [-0.39, 0.29) is 6.04 Å². The Morgan fingerprint density at radius 2 is 1.85 bits per heavy atom. The topological polar surface area (TPSA) is 24.1 Å². The maximum absolute atomic E-state index is 5.37. The average molecular weight is 284 g/mol. The van der Waals surface area contributed by atoms with Gasteiger partial charge in [-0.2, -0.15) is 0 Å². The first-order valence-electron chi connectivity index (χ1n) is 6.90. The van der Waals surface area contributed by atoms with E-state index in [1.54, 1.807) is 0 Å². The molecule has 2 nitrogen and oxygen atoms in total. The molecule has 2 rings (SSSR count). The molecule has 2 aromatic rings. The van der Waals surface area contributed by atoms with Crippen LogP contribution in [0.4, 0.5) is 5.69 Å². The van der Waals surface area contributed by atoms with Crippen molar-refractivity contribution < 1.29 is 0 Å². The molecule has 0 saturated heterocycles. The van der Waals surface area contributed by atoms with Crippen LogP contribution in [0.5, 0.6) is 0 Å². The van der Waals surface area contributed by atoms with E-state index in [9.17, 15) is 0 Å². The van der Waals surface area contributed by atoms with Crippen molar-refractivity contribution in [2.24, 2.45) is 0 Å². The van der Waals surface area contributed by atoms with E-state index in [1.165, 1.54) is 11.1 Å². The number of hydrogen-bond acceptors (Lipinski definition) is 1. The van der Waals surface area contributed by atoms with Crippen LogP contribution in [0.3, 0.4) is 0 Å². The lowest BCUT2D eigenvalue weighted by molar-refractivity contribution is 0.722. The molecule has 0 aliphatic heterocycles. The van der Waals surface area contributed by atoms with Gasteiger partial charge in [0.15, 0.2) is 5.11 Å². The van der Waals surface area contributed by atoms with E-state index in [0.29, 0.717) is 5.11 Å². The molecule has 0 spiro atoms. The molecule has 0 bridgehead atoms. The predicted molar refractivity (Wildman–Crippen MR) is 90.0 cm³/mol. The van der Waals surface area contributed by atoms with Crippen molar-refractivity contribution in [3.8, 4) is 0 Å². The number of nitrogens with one attached hydrogen (secondary N) is 2. The molecule has 0 aromatic heterocycles. The minimum Gasteiger partial charge on any atom is -0.356 e. The molecule has 20 heavy (non-hydrogen) atoms. The van der Waals surface area contributed by atoms with Crippen LogP contribution >= 0.6 is 12.2 Å². The maximum Gasteiger partial charge on any atom is 0.171 e. The second-order valence-corrected chi connectivity index (χ2v) is 5.19. The Kier molecular flexibility index (Phi) is 5.13. The number of anilines is 1. The first-order valence-corrected chi connectivity index (χ1v) is 7.31. The highest BCUT2D eigenvalue weighted by molar-refractivity contribution is 7.80. The molecule has 1 atom stereocenters. The second kappa shape index (κ2) is 7.06. The Balaban J connectivity index is 1.95. The molecule has 3 heteroatoms. The molecule has 0 unspecified atom stereocenters. The highest BCUT2D eigenvalue weighted by Crippen LogP contribution is 2.13. The number of aryl methyl sites for hydroxylation is 1. The summed E-state index contributed by atoms with van der Waals surface area (Å²) in [5.74, 6) is 0. The van der Waals surface area contributed by atoms with Gasteiger partial charge in [-0.05, 0) is 48.8 Å². The van der Waals surface area contributed by atoms with Gasteiger partial charge >= 0.3 is 0 Å². The first-order chi connectivity index (χ1) is 9.69. The molecule has 0 aliphatic carbocycles. The van der Waals surface area contributed by atoms with Gasteiger partial charge < -0.3 is 10.6 Å². The average Bonchev–Trinajstić information content (AvgIpc) is 2.48. The lowest BCUT2D eigenvalue weighted by Crippen LogP contribution is -2.30. The summed E-state index contributed by atoms with van der Waals surface area (Å²) >= 11 is 5.37. The van der Waals surface area contributed by atoms with E-state index in [0.717, 1.165) is 12.1 Å². The standard InChI is InChI=1S/C17H20N2S/c1-3-14-8-7-11-16(12-14)19-17(20)18-13(2)15-9-5-4-6-10-15/h4-13H,3H2,1-2H3,(H2,18,19,20)/t13-/m1/s1. The van der Waals surface area contributed by atoms with Crippen LogP contribution in [0.2, 0.25) is 0 Å². The molecule has 0 saturated carbocycles.